The number of anilines is 1. The highest BCUT2D eigenvalue weighted by molar-refractivity contribution is 5.96. The average Bonchev–Trinajstić information content (AvgIpc) is 2.71. The number of benzene rings is 2. The van der Waals surface area contributed by atoms with Gasteiger partial charge in [-0.25, -0.2) is 0 Å². The predicted octanol–water partition coefficient (Wildman–Crippen LogP) is 4.21. The molecule has 4 nitrogen and oxygen atoms in total. The van der Waals surface area contributed by atoms with Gasteiger partial charge >= 0.3 is 0 Å². The minimum Gasteiger partial charge on any atom is -0.339 e. The number of para-hydroxylation sites is 1. The third-order valence-corrected chi connectivity index (χ3v) is 5.54. The smallest absolute Gasteiger partial charge is 0.253 e. The number of amides is 2. The van der Waals surface area contributed by atoms with E-state index in [0.717, 1.165) is 29.7 Å². The molecule has 0 atom stereocenters. The Morgan fingerprint density at radius 3 is 2.26 bits per heavy atom. The van der Waals surface area contributed by atoms with Gasteiger partial charge in [0.25, 0.3) is 5.91 Å². The van der Waals surface area contributed by atoms with Crippen molar-refractivity contribution in [3.8, 4) is 0 Å². The van der Waals surface area contributed by atoms with Gasteiger partial charge in [-0.1, -0.05) is 24.3 Å². The van der Waals surface area contributed by atoms with Crippen LogP contribution in [0.25, 0.3) is 0 Å². The lowest BCUT2D eigenvalue weighted by atomic mass is 9.94. The summed E-state index contributed by atoms with van der Waals surface area (Å²) in [6.45, 7) is 8.00. The van der Waals surface area contributed by atoms with E-state index < -0.39 is 0 Å². The van der Waals surface area contributed by atoms with E-state index in [0.29, 0.717) is 19.6 Å². The minimum absolute atomic E-state index is 0.0195. The molecule has 142 valence electrons. The largest absolute Gasteiger partial charge is 0.339 e. The zero-order chi connectivity index (χ0) is 19.4. The van der Waals surface area contributed by atoms with Crippen molar-refractivity contribution in [1.29, 1.82) is 0 Å². The summed E-state index contributed by atoms with van der Waals surface area (Å²) >= 11 is 0. The molecule has 0 spiro atoms. The van der Waals surface area contributed by atoms with Crippen molar-refractivity contribution in [2.45, 2.75) is 33.6 Å². The number of rotatable bonds is 4. The van der Waals surface area contributed by atoms with Gasteiger partial charge in [0.1, 0.15) is 0 Å². The highest BCUT2D eigenvalue weighted by Gasteiger charge is 2.30. The van der Waals surface area contributed by atoms with E-state index in [1.54, 1.807) is 0 Å². The van der Waals surface area contributed by atoms with Crippen LogP contribution in [-0.4, -0.2) is 36.3 Å². The third kappa shape index (κ3) is 4.21. The van der Waals surface area contributed by atoms with Crippen molar-refractivity contribution in [1.82, 2.24) is 4.90 Å². The zero-order valence-electron chi connectivity index (χ0n) is 16.4. The topological polar surface area (TPSA) is 40.6 Å². The number of carbonyl (C=O) groups excluding carboxylic acids is 2. The summed E-state index contributed by atoms with van der Waals surface area (Å²) in [7, 11) is 0. The van der Waals surface area contributed by atoms with Crippen LogP contribution in [0, 0.1) is 19.8 Å². The van der Waals surface area contributed by atoms with Gasteiger partial charge in [-0.2, -0.15) is 0 Å². The molecular weight excluding hydrogens is 336 g/mol. The van der Waals surface area contributed by atoms with Crippen LogP contribution >= 0.6 is 0 Å². The Morgan fingerprint density at radius 2 is 1.67 bits per heavy atom. The maximum absolute atomic E-state index is 13.0. The van der Waals surface area contributed by atoms with Crippen LogP contribution in [-0.2, 0) is 4.79 Å². The first-order chi connectivity index (χ1) is 13.0. The van der Waals surface area contributed by atoms with Crippen molar-refractivity contribution in [2.75, 3.05) is 24.5 Å². The van der Waals surface area contributed by atoms with Crippen LogP contribution in [0.2, 0.25) is 0 Å². The van der Waals surface area contributed by atoms with Gasteiger partial charge in [-0.05, 0) is 69.0 Å². The normalized spacial score (nSPS) is 14.9. The molecule has 1 heterocycles. The van der Waals surface area contributed by atoms with E-state index >= 15 is 0 Å². The molecule has 0 aromatic heterocycles. The Morgan fingerprint density at radius 1 is 1.00 bits per heavy atom. The summed E-state index contributed by atoms with van der Waals surface area (Å²) in [4.78, 5) is 29.5. The van der Waals surface area contributed by atoms with Gasteiger partial charge in [0.2, 0.25) is 5.91 Å². The number of piperidine rings is 1. The Kier molecular flexibility index (Phi) is 5.94. The summed E-state index contributed by atoms with van der Waals surface area (Å²) in [5.41, 5.74) is 4.00. The molecule has 2 amide bonds. The number of hydrogen-bond acceptors (Lipinski definition) is 2. The van der Waals surface area contributed by atoms with E-state index in [-0.39, 0.29) is 17.7 Å². The molecule has 4 heteroatoms. The van der Waals surface area contributed by atoms with Gasteiger partial charge in [0, 0.05) is 36.8 Å². The maximum Gasteiger partial charge on any atom is 0.253 e. The first kappa shape index (κ1) is 19.2. The van der Waals surface area contributed by atoms with Crippen molar-refractivity contribution < 1.29 is 9.59 Å². The molecule has 2 aromatic carbocycles. The number of nitrogens with zero attached hydrogens (tertiary/aromatic N) is 2. The average molecular weight is 364 g/mol. The second-order valence-corrected chi connectivity index (χ2v) is 7.28. The lowest BCUT2D eigenvalue weighted by molar-refractivity contribution is -0.123. The first-order valence-electron chi connectivity index (χ1n) is 9.74. The third-order valence-electron chi connectivity index (χ3n) is 5.54. The first-order valence-corrected chi connectivity index (χ1v) is 9.74. The lowest BCUT2D eigenvalue weighted by Crippen LogP contribution is -2.44. The minimum atomic E-state index is -0.0195. The second-order valence-electron chi connectivity index (χ2n) is 7.28. The Bertz CT molecular complexity index is 808. The number of aryl methyl sites for hydroxylation is 2. The van der Waals surface area contributed by atoms with Gasteiger partial charge in [-0.3, -0.25) is 9.59 Å². The van der Waals surface area contributed by atoms with Crippen molar-refractivity contribution in [3.63, 3.8) is 0 Å². The summed E-state index contributed by atoms with van der Waals surface area (Å²) in [5.74, 6) is 0.218. The highest BCUT2D eigenvalue weighted by Crippen LogP contribution is 2.24. The molecule has 0 aliphatic carbocycles. The van der Waals surface area contributed by atoms with Crippen molar-refractivity contribution >= 4 is 17.5 Å². The van der Waals surface area contributed by atoms with E-state index in [1.165, 1.54) is 5.56 Å². The fraction of sp³-hybridized carbons (Fsp3) is 0.391. The van der Waals surface area contributed by atoms with Gasteiger partial charge in [0.15, 0.2) is 0 Å². The van der Waals surface area contributed by atoms with Crippen molar-refractivity contribution in [2.24, 2.45) is 5.92 Å². The standard InChI is InChI=1S/C23H28N2O2/c1-4-25(21-8-6-5-7-9-21)23(27)19-12-14-24(15-13-19)22(26)20-11-10-17(2)18(3)16-20/h5-11,16,19H,4,12-15H2,1-3H3. The quantitative estimate of drug-likeness (QED) is 0.815. The monoisotopic (exact) mass is 364 g/mol. The predicted molar refractivity (Wildman–Crippen MR) is 109 cm³/mol. The molecule has 27 heavy (non-hydrogen) atoms. The van der Waals surface area contributed by atoms with Crippen molar-refractivity contribution in [3.05, 3.63) is 65.2 Å². The van der Waals surface area contributed by atoms with Crippen LogP contribution in [0.3, 0.4) is 0 Å². The van der Waals surface area contributed by atoms with Gasteiger partial charge in [-0.15, -0.1) is 0 Å². The van der Waals surface area contributed by atoms with E-state index in [1.807, 2.05) is 79.1 Å². The SMILES string of the molecule is CCN(C(=O)C1CCN(C(=O)c2ccc(C)c(C)c2)CC1)c1ccccc1. The Balaban J connectivity index is 1.63. The van der Waals surface area contributed by atoms with E-state index in [4.69, 9.17) is 0 Å². The molecule has 1 saturated heterocycles. The summed E-state index contributed by atoms with van der Waals surface area (Å²) in [5, 5.41) is 0. The summed E-state index contributed by atoms with van der Waals surface area (Å²) in [6, 6.07) is 15.7. The molecular formula is C23H28N2O2. The molecule has 3 rings (SSSR count). The highest BCUT2D eigenvalue weighted by atomic mass is 16.2. The molecule has 2 aromatic rings. The molecule has 1 aliphatic heterocycles. The van der Waals surface area contributed by atoms with E-state index in [2.05, 4.69) is 0 Å². The van der Waals surface area contributed by atoms with Crippen LogP contribution in [0.1, 0.15) is 41.3 Å². The molecule has 0 N–H and O–H groups in total. The molecule has 1 fully saturated rings. The molecule has 0 unspecified atom stereocenters. The molecule has 0 radical (unpaired) electrons. The number of hydrogen-bond donors (Lipinski definition) is 0. The van der Waals surface area contributed by atoms with Gasteiger partial charge < -0.3 is 9.80 Å². The lowest BCUT2D eigenvalue weighted by Gasteiger charge is -2.34. The van der Waals surface area contributed by atoms with Crippen LogP contribution in [0.4, 0.5) is 5.69 Å². The fourth-order valence-corrected chi connectivity index (χ4v) is 3.68. The molecule has 0 bridgehead atoms. The fourth-order valence-electron chi connectivity index (χ4n) is 3.68. The Labute approximate surface area is 161 Å². The molecule has 1 aliphatic rings. The van der Waals surface area contributed by atoms with E-state index in [9.17, 15) is 9.59 Å². The summed E-state index contributed by atoms with van der Waals surface area (Å²) < 4.78 is 0. The van der Waals surface area contributed by atoms with Crippen LogP contribution in [0.5, 0.6) is 0 Å². The number of carbonyl (C=O) groups is 2. The maximum atomic E-state index is 13.0. The van der Waals surface area contributed by atoms with Crippen LogP contribution < -0.4 is 4.90 Å². The van der Waals surface area contributed by atoms with Gasteiger partial charge in [0.05, 0.1) is 0 Å². The Hall–Kier alpha value is -2.62. The molecule has 0 saturated carbocycles. The zero-order valence-corrected chi connectivity index (χ0v) is 16.4. The number of likely N-dealkylation sites (tertiary alicyclic amines) is 1. The van der Waals surface area contributed by atoms with Crippen LogP contribution in [0.15, 0.2) is 48.5 Å². The second kappa shape index (κ2) is 8.38. The summed E-state index contributed by atoms with van der Waals surface area (Å²) in [6.07, 6.45) is 1.44.